The van der Waals surface area contributed by atoms with Crippen LogP contribution in [0.5, 0.6) is 0 Å². The molecular formula is C19H21N3O5S. The number of non-ortho nitro benzene ring substituents is 1. The van der Waals surface area contributed by atoms with Gasteiger partial charge >= 0.3 is 0 Å². The number of likely N-dealkylation sites (tertiary alicyclic amines) is 1. The van der Waals surface area contributed by atoms with Gasteiger partial charge in [0.05, 0.1) is 9.82 Å². The molecule has 28 heavy (non-hydrogen) atoms. The van der Waals surface area contributed by atoms with Gasteiger partial charge < -0.3 is 4.90 Å². The number of sulfonamides is 1. The number of rotatable bonds is 5. The van der Waals surface area contributed by atoms with E-state index in [-0.39, 0.29) is 16.5 Å². The van der Waals surface area contributed by atoms with E-state index in [4.69, 9.17) is 0 Å². The first-order chi connectivity index (χ1) is 13.3. The minimum Gasteiger partial charge on any atom is -0.339 e. The zero-order valence-electron chi connectivity index (χ0n) is 15.4. The standard InChI is InChI=1S/C19H21N3O5S/c1-14-10-12-21(13-11-14)19(23)15-2-4-16(5-3-15)20-28(26,27)18-8-6-17(7-9-18)22(24)25/h2-9,14,20H,10-13H2,1H3. The number of carbonyl (C=O) groups excluding carboxylic acids is 1. The monoisotopic (exact) mass is 403 g/mol. The van der Waals surface area contributed by atoms with Gasteiger partial charge in [-0.1, -0.05) is 6.92 Å². The molecule has 0 saturated carbocycles. The van der Waals surface area contributed by atoms with Crippen LogP contribution in [0.2, 0.25) is 0 Å². The molecule has 1 aliphatic heterocycles. The predicted molar refractivity (Wildman–Crippen MR) is 105 cm³/mol. The summed E-state index contributed by atoms with van der Waals surface area (Å²) < 4.78 is 27.3. The normalized spacial score (nSPS) is 15.2. The maximum Gasteiger partial charge on any atom is 0.269 e. The van der Waals surface area contributed by atoms with E-state index in [1.165, 1.54) is 24.3 Å². The Morgan fingerprint density at radius 3 is 2.18 bits per heavy atom. The lowest BCUT2D eigenvalue weighted by Gasteiger charge is -2.30. The Bertz CT molecular complexity index is 964. The van der Waals surface area contributed by atoms with Crippen LogP contribution in [0.15, 0.2) is 53.4 Å². The van der Waals surface area contributed by atoms with Crippen molar-refractivity contribution in [3.63, 3.8) is 0 Å². The van der Waals surface area contributed by atoms with Crippen molar-refractivity contribution < 1.29 is 18.1 Å². The van der Waals surface area contributed by atoms with Crippen LogP contribution in [0.4, 0.5) is 11.4 Å². The van der Waals surface area contributed by atoms with Crippen LogP contribution in [-0.4, -0.2) is 37.2 Å². The molecule has 1 N–H and O–H groups in total. The molecule has 0 atom stereocenters. The topological polar surface area (TPSA) is 110 Å². The highest BCUT2D eigenvalue weighted by Crippen LogP contribution is 2.21. The van der Waals surface area contributed by atoms with Crippen LogP contribution < -0.4 is 4.72 Å². The molecule has 2 aromatic rings. The SMILES string of the molecule is CC1CCN(C(=O)c2ccc(NS(=O)(=O)c3ccc([N+](=O)[O-])cc3)cc2)CC1. The summed E-state index contributed by atoms with van der Waals surface area (Å²) in [4.78, 5) is 24.4. The number of nitrogens with one attached hydrogen (secondary N) is 1. The van der Waals surface area contributed by atoms with Crippen molar-refractivity contribution >= 4 is 27.3 Å². The number of benzene rings is 2. The second-order valence-corrected chi connectivity index (χ2v) is 8.59. The highest BCUT2D eigenvalue weighted by atomic mass is 32.2. The minimum atomic E-state index is -3.88. The maximum atomic E-state index is 12.5. The average molecular weight is 403 g/mol. The van der Waals surface area contributed by atoms with Gasteiger partial charge in [0.2, 0.25) is 0 Å². The summed E-state index contributed by atoms with van der Waals surface area (Å²) in [7, 11) is -3.88. The van der Waals surface area contributed by atoms with Gasteiger partial charge in [-0.05, 0) is 55.2 Å². The van der Waals surface area contributed by atoms with Crippen molar-refractivity contribution in [2.24, 2.45) is 5.92 Å². The van der Waals surface area contributed by atoms with Crippen LogP contribution in [0.1, 0.15) is 30.1 Å². The Balaban J connectivity index is 1.69. The van der Waals surface area contributed by atoms with E-state index in [9.17, 15) is 23.3 Å². The van der Waals surface area contributed by atoms with Crippen LogP contribution in [0, 0.1) is 16.0 Å². The summed E-state index contributed by atoms with van der Waals surface area (Å²) in [6, 6.07) is 10.9. The third-order valence-electron chi connectivity index (χ3n) is 4.81. The quantitative estimate of drug-likeness (QED) is 0.609. The highest BCUT2D eigenvalue weighted by Gasteiger charge is 2.22. The average Bonchev–Trinajstić information content (AvgIpc) is 2.68. The molecule has 8 nitrogen and oxygen atoms in total. The van der Waals surface area contributed by atoms with Gasteiger partial charge in [-0.3, -0.25) is 19.6 Å². The van der Waals surface area contributed by atoms with Gasteiger partial charge in [0, 0.05) is 36.5 Å². The van der Waals surface area contributed by atoms with E-state index in [0.29, 0.717) is 17.2 Å². The lowest BCUT2D eigenvalue weighted by molar-refractivity contribution is -0.384. The first-order valence-electron chi connectivity index (χ1n) is 8.93. The van der Waals surface area contributed by atoms with E-state index in [1.807, 2.05) is 4.90 Å². The number of hydrogen-bond donors (Lipinski definition) is 1. The zero-order chi connectivity index (χ0) is 20.3. The fourth-order valence-electron chi connectivity index (χ4n) is 3.04. The van der Waals surface area contributed by atoms with Gasteiger partial charge in [0.15, 0.2) is 0 Å². The summed E-state index contributed by atoms with van der Waals surface area (Å²) in [5.41, 5.74) is 0.629. The Hall–Kier alpha value is -2.94. The second kappa shape index (κ2) is 7.97. The van der Waals surface area contributed by atoms with Gasteiger partial charge in [-0.15, -0.1) is 0 Å². The Kier molecular flexibility index (Phi) is 5.64. The van der Waals surface area contributed by atoms with Gasteiger partial charge in [-0.2, -0.15) is 0 Å². The summed E-state index contributed by atoms with van der Waals surface area (Å²) >= 11 is 0. The number of piperidine rings is 1. The molecule has 1 heterocycles. The van der Waals surface area contributed by atoms with Gasteiger partial charge in [0.1, 0.15) is 0 Å². The lowest BCUT2D eigenvalue weighted by atomic mass is 9.98. The first-order valence-corrected chi connectivity index (χ1v) is 10.4. The van der Waals surface area contributed by atoms with E-state index in [0.717, 1.165) is 38.1 Å². The molecule has 148 valence electrons. The van der Waals surface area contributed by atoms with Crippen LogP contribution >= 0.6 is 0 Å². The highest BCUT2D eigenvalue weighted by molar-refractivity contribution is 7.92. The minimum absolute atomic E-state index is 0.0586. The Morgan fingerprint density at radius 2 is 1.64 bits per heavy atom. The number of anilines is 1. The Labute approximate surface area is 163 Å². The number of hydrogen-bond acceptors (Lipinski definition) is 5. The molecule has 2 aromatic carbocycles. The molecule has 9 heteroatoms. The Morgan fingerprint density at radius 1 is 1.07 bits per heavy atom. The maximum absolute atomic E-state index is 12.5. The van der Waals surface area contributed by atoms with Crippen LogP contribution in [0.25, 0.3) is 0 Å². The van der Waals surface area contributed by atoms with Crippen molar-refractivity contribution in [1.82, 2.24) is 4.90 Å². The summed E-state index contributed by atoms with van der Waals surface area (Å²) in [6.07, 6.45) is 1.97. The van der Waals surface area contributed by atoms with E-state index in [2.05, 4.69) is 11.6 Å². The fourth-order valence-corrected chi connectivity index (χ4v) is 4.09. The van der Waals surface area contributed by atoms with Gasteiger partial charge in [-0.25, -0.2) is 8.42 Å². The number of carbonyl (C=O) groups is 1. The summed E-state index contributed by atoms with van der Waals surface area (Å²) in [5, 5.41) is 10.7. The van der Waals surface area contributed by atoms with Crippen LogP contribution in [0.3, 0.4) is 0 Å². The predicted octanol–water partition coefficient (Wildman–Crippen LogP) is 3.27. The van der Waals surface area contributed by atoms with Crippen molar-refractivity contribution in [3.05, 3.63) is 64.2 Å². The molecule has 0 radical (unpaired) electrons. The van der Waals surface area contributed by atoms with Crippen molar-refractivity contribution in [2.75, 3.05) is 17.8 Å². The molecule has 1 fully saturated rings. The van der Waals surface area contributed by atoms with Crippen molar-refractivity contribution in [2.45, 2.75) is 24.7 Å². The van der Waals surface area contributed by atoms with Crippen LogP contribution in [-0.2, 0) is 10.0 Å². The number of amides is 1. The number of nitrogens with zero attached hydrogens (tertiary/aromatic N) is 2. The largest absolute Gasteiger partial charge is 0.339 e. The number of nitro benzene ring substituents is 1. The number of nitro groups is 1. The summed E-state index contributed by atoms with van der Waals surface area (Å²) in [5.74, 6) is 0.567. The van der Waals surface area contributed by atoms with Crippen molar-refractivity contribution in [1.29, 1.82) is 0 Å². The summed E-state index contributed by atoms with van der Waals surface area (Å²) in [6.45, 7) is 3.64. The molecule has 1 aliphatic rings. The van der Waals surface area contributed by atoms with E-state index in [1.54, 1.807) is 12.1 Å². The van der Waals surface area contributed by atoms with Gasteiger partial charge in [0.25, 0.3) is 21.6 Å². The second-order valence-electron chi connectivity index (χ2n) is 6.91. The fraction of sp³-hybridized carbons (Fsp3) is 0.316. The third kappa shape index (κ3) is 4.48. The zero-order valence-corrected chi connectivity index (χ0v) is 16.2. The molecule has 1 saturated heterocycles. The molecule has 3 rings (SSSR count). The first kappa shape index (κ1) is 19.8. The molecule has 1 amide bonds. The smallest absolute Gasteiger partial charge is 0.269 e. The third-order valence-corrected chi connectivity index (χ3v) is 6.21. The molecule has 0 aromatic heterocycles. The molecule has 0 unspecified atom stereocenters. The van der Waals surface area contributed by atoms with E-state index >= 15 is 0 Å². The molecule has 0 aliphatic carbocycles. The molecular weight excluding hydrogens is 382 g/mol. The van der Waals surface area contributed by atoms with Crippen molar-refractivity contribution in [3.8, 4) is 0 Å². The van der Waals surface area contributed by atoms with E-state index < -0.39 is 14.9 Å². The molecule has 0 spiro atoms. The lowest BCUT2D eigenvalue weighted by Crippen LogP contribution is -2.37. The molecule has 0 bridgehead atoms.